The number of aromatic hydroxyl groups is 1. The van der Waals surface area contributed by atoms with Crippen LogP contribution < -0.4 is 4.74 Å². The summed E-state index contributed by atoms with van der Waals surface area (Å²) in [6.07, 6.45) is 0. The van der Waals surface area contributed by atoms with Gasteiger partial charge in [-0.15, -0.1) is 11.6 Å². The van der Waals surface area contributed by atoms with Gasteiger partial charge in [-0.1, -0.05) is 0 Å². The Balaban J connectivity index is 2.94. The molecule has 0 radical (unpaired) electrons. The summed E-state index contributed by atoms with van der Waals surface area (Å²) in [5.41, 5.74) is 0.818. The third-order valence-corrected chi connectivity index (χ3v) is 1.78. The molecule has 1 aromatic rings. The van der Waals surface area contributed by atoms with E-state index in [0.717, 1.165) is 11.3 Å². The van der Waals surface area contributed by atoms with Crippen LogP contribution in [0.4, 0.5) is 0 Å². The van der Waals surface area contributed by atoms with Crippen molar-refractivity contribution in [3.63, 3.8) is 0 Å². The molecule has 0 spiro atoms. The summed E-state index contributed by atoms with van der Waals surface area (Å²) in [5, 5.41) is 9.12. The molecule has 0 fully saturated rings. The van der Waals surface area contributed by atoms with Crippen molar-refractivity contribution in [3.05, 3.63) is 23.8 Å². The van der Waals surface area contributed by atoms with Crippen molar-refractivity contribution in [2.24, 2.45) is 0 Å². The van der Waals surface area contributed by atoms with Gasteiger partial charge in [0.15, 0.2) is 0 Å². The predicted molar refractivity (Wildman–Crippen MR) is 48.8 cm³/mol. The summed E-state index contributed by atoms with van der Waals surface area (Å²) in [6.45, 7) is 2.51. The van der Waals surface area contributed by atoms with Crippen molar-refractivity contribution in [2.45, 2.75) is 12.8 Å². The zero-order valence-corrected chi connectivity index (χ0v) is 7.64. The Hall–Kier alpha value is -0.890. The molecule has 66 valence electrons. The topological polar surface area (TPSA) is 29.5 Å². The Bertz CT molecular complexity index is 261. The van der Waals surface area contributed by atoms with Crippen LogP contribution in [0.25, 0.3) is 0 Å². The molecule has 0 saturated heterocycles. The number of phenolic OH excluding ortho intramolecular Hbond substituents is 1. The van der Waals surface area contributed by atoms with Crippen molar-refractivity contribution in [1.29, 1.82) is 0 Å². The van der Waals surface area contributed by atoms with E-state index in [2.05, 4.69) is 0 Å². The fraction of sp³-hybridized carbons (Fsp3) is 0.333. The molecule has 3 heteroatoms. The van der Waals surface area contributed by atoms with E-state index < -0.39 is 0 Å². The first-order chi connectivity index (χ1) is 5.77. The summed E-state index contributed by atoms with van der Waals surface area (Å²) in [4.78, 5) is 0. The second-order valence-corrected chi connectivity index (χ2v) is 2.63. The van der Waals surface area contributed by atoms with Gasteiger partial charge in [-0.3, -0.25) is 0 Å². The van der Waals surface area contributed by atoms with Crippen LogP contribution >= 0.6 is 11.6 Å². The summed E-state index contributed by atoms with van der Waals surface area (Å²) in [5.74, 6) is 1.31. The van der Waals surface area contributed by atoms with Crippen LogP contribution in [0.3, 0.4) is 0 Å². The first-order valence-electron chi connectivity index (χ1n) is 3.78. The molecule has 1 aromatic carbocycles. The number of alkyl halides is 1. The smallest absolute Gasteiger partial charge is 0.123 e. The molecular formula is C9H11ClO2. The molecule has 0 aliphatic carbocycles. The molecule has 0 saturated carbocycles. The van der Waals surface area contributed by atoms with Crippen molar-refractivity contribution in [3.8, 4) is 11.5 Å². The lowest BCUT2D eigenvalue weighted by molar-refractivity contribution is 0.336. The fourth-order valence-corrected chi connectivity index (χ4v) is 1.18. The van der Waals surface area contributed by atoms with Gasteiger partial charge in [-0.05, 0) is 25.1 Å². The molecule has 0 bridgehead atoms. The van der Waals surface area contributed by atoms with Crippen LogP contribution in [0.2, 0.25) is 0 Å². The van der Waals surface area contributed by atoms with E-state index in [0.29, 0.717) is 12.5 Å². The van der Waals surface area contributed by atoms with E-state index in [1.807, 2.05) is 6.92 Å². The molecule has 1 N–H and O–H groups in total. The monoisotopic (exact) mass is 186 g/mol. The molecule has 12 heavy (non-hydrogen) atoms. The maximum absolute atomic E-state index is 9.12. The van der Waals surface area contributed by atoms with Crippen LogP contribution in [0, 0.1) is 0 Å². The summed E-state index contributed by atoms with van der Waals surface area (Å²) in [7, 11) is 0. The Labute approximate surface area is 76.7 Å². The van der Waals surface area contributed by atoms with Crippen LogP contribution in [-0.2, 0) is 5.88 Å². The summed E-state index contributed by atoms with van der Waals surface area (Å²) in [6, 6.07) is 4.91. The second-order valence-electron chi connectivity index (χ2n) is 2.36. The highest BCUT2D eigenvalue weighted by Gasteiger charge is 2.02. The van der Waals surface area contributed by atoms with E-state index in [1.165, 1.54) is 0 Å². The minimum absolute atomic E-state index is 0.217. The Kier molecular flexibility index (Phi) is 3.23. The highest BCUT2D eigenvalue weighted by atomic mass is 35.5. The van der Waals surface area contributed by atoms with Gasteiger partial charge in [0.05, 0.1) is 12.5 Å². The zero-order chi connectivity index (χ0) is 8.97. The average Bonchev–Trinajstić information content (AvgIpc) is 2.08. The first-order valence-corrected chi connectivity index (χ1v) is 4.32. The van der Waals surface area contributed by atoms with E-state index in [9.17, 15) is 0 Å². The molecule has 0 heterocycles. The van der Waals surface area contributed by atoms with Crippen molar-refractivity contribution in [1.82, 2.24) is 0 Å². The zero-order valence-electron chi connectivity index (χ0n) is 6.88. The van der Waals surface area contributed by atoms with Gasteiger partial charge in [0, 0.05) is 5.56 Å². The largest absolute Gasteiger partial charge is 0.508 e. The lowest BCUT2D eigenvalue weighted by Gasteiger charge is -2.07. The third kappa shape index (κ3) is 2.05. The molecule has 0 atom stereocenters. The molecule has 0 aromatic heterocycles. The highest BCUT2D eigenvalue weighted by molar-refractivity contribution is 6.17. The van der Waals surface area contributed by atoms with Crippen molar-refractivity contribution in [2.75, 3.05) is 6.61 Å². The second kappa shape index (κ2) is 4.21. The summed E-state index contributed by atoms with van der Waals surface area (Å²) >= 11 is 5.65. The van der Waals surface area contributed by atoms with Crippen molar-refractivity contribution >= 4 is 11.6 Å². The van der Waals surface area contributed by atoms with Crippen LogP contribution in [0.5, 0.6) is 11.5 Å². The van der Waals surface area contributed by atoms with Crippen molar-refractivity contribution < 1.29 is 9.84 Å². The Morgan fingerprint density at radius 2 is 2.25 bits per heavy atom. The van der Waals surface area contributed by atoms with E-state index in [4.69, 9.17) is 21.4 Å². The van der Waals surface area contributed by atoms with Crippen LogP contribution in [0.1, 0.15) is 12.5 Å². The van der Waals surface area contributed by atoms with Gasteiger partial charge in [0.2, 0.25) is 0 Å². The summed E-state index contributed by atoms with van der Waals surface area (Å²) < 4.78 is 5.29. The fourth-order valence-electron chi connectivity index (χ4n) is 0.967. The maximum Gasteiger partial charge on any atom is 0.123 e. The molecule has 2 nitrogen and oxygen atoms in total. The molecule has 1 rings (SSSR count). The van der Waals surface area contributed by atoms with E-state index >= 15 is 0 Å². The van der Waals surface area contributed by atoms with Crippen LogP contribution in [-0.4, -0.2) is 11.7 Å². The first kappa shape index (κ1) is 9.20. The number of ether oxygens (including phenoxy) is 1. The van der Waals surface area contributed by atoms with Gasteiger partial charge in [-0.25, -0.2) is 0 Å². The van der Waals surface area contributed by atoms with E-state index in [-0.39, 0.29) is 5.75 Å². The minimum atomic E-state index is 0.217. The molecule has 0 unspecified atom stereocenters. The number of benzene rings is 1. The van der Waals surface area contributed by atoms with Gasteiger partial charge in [-0.2, -0.15) is 0 Å². The molecular weight excluding hydrogens is 176 g/mol. The van der Waals surface area contributed by atoms with Crippen LogP contribution in [0.15, 0.2) is 18.2 Å². The van der Waals surface area contributed by atoms with Gasteiger partial charge in [0.25, 0.3) is 0 Å². The SMILES string of the molecule is CCOc1ccc(O)cc1CCl. The maximum atomic E-state index is 9.12. The molecule has 0 aliphatic heterocycles. The van der Waals surface area contributed by atoms with Gasteiger partial charge in [0.1, 0.15) is 11.5 Å². The lowest BCUT2D eigenvalue weighted by Crippen LogP contribution is -1.94. The minimum Gasteiger partial charge on any atom is -0.508 e. The molecule has 0 amide bonds. The van der Waals surface area contributed by atoms with Gasteiger partial charge < -0.3 is 9.84 Å². The number of rotatable bonds is 3. The lowest BCUT2D eigenvalue weighted by atomic mass is 10.2. The Morgan fingerprint density at radius 1 is 1.50 bits per heavy atom. The Morgan fingerprint density at radius 3 is 2.83 bits per heavy atom. The van der Waals surface area contributed by atoms with E-state index in [1.54, 1.807) is 18.2 Å². The highest BCUT2D eigenvalue weighted by Crippen LogP contribution is 2.24. The number of hydrogen-bond donors (Lipinski definition) is 1. The number of phenols is 1. The standard InChI is InChI=1S/C9H11ClO2/c1-2-12-9-4-3-8(11)5-7(9)6-10/h3-5,11H,2,6H2,1H3. The number of halogens is 1. The van der Waals surface area contributed by atoms with Gasteiger partial charge >= 0.3 is 0 Å². The molecule has 0 aliphatic rings. The predicted octanol–water partition coefficient (Wildman–Crippen LogP) is 2.53. The quantitative estimate of drug-likeness (QED) is 0.736. The average molecular weight is 187 g/mol. The third-order valence-electron chi connectivity index (χ3n) is 1.49. The normalized spacial score (nSPS) is 9.83. The number of hydrogen-bond acceptors (Lipinski definition) is 2.